The van der Waals surface area contributed by atoms with Gasteiger partial charge in [0.25, 0.3) is 5.91 Å². The highest BCUT2D eigenvalue weighted by molar-refractivity contribution is 9.10. The highest BCUT2D eigenvalue weighted by atomic mass is 79.9. The molecule has 5 aromatic rings. The normalized spacial score (nSPS) is 11.1. The maximum Gasteiger partial charge on any atom is 0.257 e. The number of nitrogens with one attached hydrogen (secondary N) is 1. The van der Waals surface area contributed by atoms with Gasteiger partial charge in [-0.2, -0.15) is 0 Å². The standard InChI is InChI=1S/C23H14BrN3O2/c24-16-10-15(12-25-13-16)22(28)26-17-8-9-21-20(11-17)27-23(29-21)19-7-3-5-14-4-1-2-6-18(14)19/h1-13H,(H,26,28). The van der Waals surface area contributed by atoms with Crippen molar-refractivity contribution in [1.82, 2.24) is 9.97 Å². The molecule has 0 bridgehead atoms. The second-order valence-corrected chi connectivity index (χ2v) is 7.49. The van der Waals surface area contributed by atoms with Gasteiger partial charge in [-0.25, -0.2) is 4.98 Å². The Morgan fingerprint density at radius 2 is 1.83 bits per heavy atom. The van der Waals surface area contributed by atoms with Crippen molar-refractivity contribution in [2.45, 2.75) is 0 Å². The van der Waals surface area contributed by atoms with Crippen molar-refractivity contribution in [3.8, 4) is 11.5 Å². The zero-order valence-corrected chi connectivity index (χ0v) is 16.7. The fourth-order valence-electron chi connectivity index (χ4n) is 3.27. The largest absolute Gasteiger partial charge is 0.436 e. The molecular formula is C23H14BrN3O2. The number of benzene rings is 3. The summed E-state index contributed by atoms with van der Waals surface area (Å²) in [6.45, 7) is 0. The van der Waals surface area contributed by atoms with Gasteiger partial charge in [0.05, 0.1) is 5.56 Å². The number of amides is 1. The SMILES string of the molecule is O=C(Nc1ccc2oc(-c3cccc4ccccc34)nc2c1)c1cncc(Br)c1. The van der Waals surface area contributed by atoms with Crippen LogP contribution in [0.3, 0.4) is 0 Å². The van der Waals surface area contributed by atoms with Gasteiger partial charge >= 0.3 is 0 Å². The monoisotopic (exact) mass is 443 g/mol. The predicted octanol–water partition coefficient (Wildman–Crippen LogP) is 6.06. The maximum absolute atomic E-state index is 12.5. The number of hydrogen-bond donors (Lipinski definition) is 1. The molecule has 140 valence electrons. The number of rotatable bonds is 3. The summed E-state index contributed by atoms with van der Waals surface area (Å²) in [6, 6.07) is 21.3. The Morgan fingerprint density at radius 1 is 0.966 bits per heavy atom. The molecule has 2 aromatic heterocycles. The fourth-order valence-corrected chi connectivity index (χ4v) is 3.64. The highest BCUT2D eigenvalue weighted by Gasteiger charge is 2.13. The molecule has 0 saturated carbocycles. The molecule has 2 heterocycles. The van der Waals surface area contributed by atoms with Gasteiger partial charge in [-0.3, -0.25) is 9.78 Å². The molecule has 1 N–H and O–H groups in total. The number of aromatic nitrogens is 2. The van der Waals surface area contributed by atoms with Crippen molar-refractivity contribution in [2.24, 2.45) is 0 Å². The molecule has 1 amide bonds. The van der Waals surface area contributed by atoms with Gasteiger partial charge in [0, 0.05) is 28.1 Å². The van der Waals surface area contributed by atoms with Gasteiger partial charge in [0.15, 0.2) is 5.58 Å². The van der Waals surface area contributed by atoms with Crippen LogP contribution >= 0.6 is 15.9 Å². The van der Waals surface area contributed by atoms with Crippen LogP contribution in [-0.4, -0.2) is 15.9 Å². The number of nitrogens with zero attached hydrogens (tertiary/aromatic N) is 2. The van der Waals surface area contributed by atoms with Crippen LogP contribution in [0.2, 0.25) is 0 Å². The summed E-state index contributed by atoms with van der Waals surface area (Å²) < 4.78 is 6.73. The van der Waals surface area contributed by atoms with Crippen molar-refractivity contribution in [1.29, 1.82) is 0 Å². The van der Waals surface area contributed by atoms with Crippen LogP contribution in [0, 0.1) is 0 Å². The zero-order chi connectivity index (χ0) is 19.8. The van der Waals surface area contributed by atoms with E-state index in [1.54, 1.807) is 24.4 Å². The van der Waals surface area contributed by atoms with Crippen LogP contribution in [0.5, 0.6) is 0 Å². The molecule has 0 aliphatic rings. The predicted molar refractivity (Wildman–Crippen MR) is 117 cm³/mol. The number of fused-ring (bicyclic) bond motifs is 2. The summed E-state index contributed by atoms with van der Waals surface area (Å²) in [5, 5.41) is 5.08. The minimum atomic E-state index is -0.240. The van der Waals surface area contributed by atoms with Crippen LogP contribution in [0.1, 0.15) is 10.4 Å². The molecular weight excluding hydrogens is 430 g/mol. The first-order valence-electron chi connectivity index (χ1n) is 8.98. The molecule has 29 heavy (non-hydrogen) atoms. The first-order valence-corrected chi connectivity index (χ1v) is 9.77. The Morgan fingerprint density at radius 3 is 2.72 bits per heavy atom. The second kappa shape index (κ2) is 7.14. The first kappa shape index (κ1) is 17.6. The van der Waals surface area contributed by atoms with Crippen LogP contribution < -0.4 is 5.32 Å². The minimum Gasteiger partial charge on any atom is -0.436 e. The number of oxazole rings is 1. The number of carbonyl (C=O) groups excluding carboxylic acids is 1. The van der Waals surface area contributed by atoms with Crippen LogP contribution in [-0.2, 0) is 0 Å². The van der Waals surface area contributed by atoms with E-state index in [1.807, 2.05) is 30.3 Å². The molecule has 6 heteroatoms. The topological polar surface area (TPSA) is 68.0 Å². The molecule has 0 radical (unpaired) electrons. The zero-order valence-electron chi connectivity index (χ0n) is 15.1. The Balaban J connectivity index is 1.50. The first-order chi connectivity index (χ1) is 14.2. The van der Waals surface area contributed by atoms with E-state index in [0.717, 1.165) is 20.8 Å². The van der Waals surface area contributed by atoms with Gasteiger partial charge in [-0.05, 0) is 57.0 Å². The molecule has 0 spiro atoms. The van der Waals surface area contributed by atoms with Crippen molar-refractivity contribution < 1.29 is 9.21 Å². The molecule has 0 fully saturated rings. The molecule has 5 nitrogen and oxygen atoms in total. The number of halogens is 1. The molecule has 0 aliphatic heterocycles. The van der Waals surface area contributed by atoms with Gasteiger partial charge in [0.1, 0.15) is 5.52 Å². The Labute approximate surface area is 174 Å². The minimum absolute atomic E-state index is 0.240. The lowest BCUT2D eigenvalue weighted by Crippen LogP contribution is -2.12. The van der Waals surface area contributed by atoms with E-state index in [1.165, 1.54) is 6.20 Å². The third-order valence-electron chi connectivity index (χ3n) is 4.63. The maximum atomic E-state index is 12.5. The van der Waals surface area contributed by atoms with Crippen LogP contribution in [0.4, 0.5) is 5.69 Å². The van der Waals surface area contributed by atoms with Crippen molar-refractivity contribution in [3.05, 3.63) is 89.2 Å². The lowest BCUT2D eigenvalue weighted by Gasteiger charge is -2.04. The summed E-state index contributed by atoms with van der Waals surface area (Å²) in [6.07, 6.45) is 3.15. The third kappa shape index (κ3) is 3.39. The quantitative estimate of drug-likeness (QED) is 0.368. The lowest BCUT2D eigenvalue weighted by atomic mass is 10.0. The summed E-state index contributed by atoms with van der Waals surface area (Å²) >= 11 is 3.33. The lowest BCUT2D eigenvalue weighted by molar-refractivity contribution is 0.102. The highest BCUT2D eigenvalue weighted by Crippen LogP contribution is 2.31. The molecule has 0 saturated heterocycles. The van der Waals surface area contributed by atoms with Crippen LogP contribution in [0.15, 0.2) is 88.0 Å². The molecule has 0 aliphatic carbocycles. The number of pyridine rings is 1. The van der Waals surface area contributed by atoms with Gasteiger partial charge in [-0.1, -0.05) is 36.4 Å². The molecule has 3 aromatic carbocycles. The van der Waals surface area contributed by atoms with Crippen molar-refractivity contribution >= 4 is 49.4 Å². The number of anilines is 1. The van der Waals surface area contributed by atoms with E-state index in [0.29, 0.717) is 28.2 Å². The average molecular weight is 444 g/mol. The Bertz CT molecular complexity index is 1370. The van der Waals surface area contributed by atoms with Gasteiger partial charge in [-0.15, -0.1) is 0 Å². The summed E-state index contributed by atoms with van der Waals surface area (Å²) in [4.78, 5) is 21.1. The number of hydrogen-bond acceptors (Lipinski definition) is 4. The Kier molecular flexibility index (Phi) is 4.33. The van der Waals surface area contributed by atoms with Gasteiger partial charge in [0.2, 0.25) is 5.89 Å². The van der Waals surface area contributed by atoms with Crippen molar-refractivity contribution in [3.63, 3.8) is 0 Å². The summed E-state index contributed by atoms with van der Waals surface area (Å²) in [5.74, 6) is 0.312. The van der Waals surface area contributed by atoms with E-state index in [2.05, 4.69) is 49.4 Å². The Hall–Kier alpha value is -3.51. The van der Waals surface area contributed by atoms with Crippen molar-refractivity contribution in [2.75, 3.05) is 5.32 Å². The smallest absolute Gasteiger partial charge is 0.257 e. The van der Waals surface area contributed by atoms with Gasteiger partial charge < -0.3 is 9.73 Å². The van der Waals surface area contributed by atoms with E-state index in [9.17, 15) is 4.79 Å². The van der Waals surface area contributed by atoms with E-state index in [4.69, 9.17) is 4.42 Å². The summed E-state index contributed by atoms with van der Waals surface area (Å²) in [7, 11) is 0. The van der Waals surface area contributed by atoms with E-state index in [-0.39, 0.29) is 5.91 Å². The molecule has 0 atom stereocenters. The van der Waals surface area contributed by atoms with E-state index < -0.39 is 0 Å². The number of carbonyl (C=O) groups is 1. The molecule has 5 rings (SSSR count). The third-order valence-corrected chi connectivity index (χ3v) is 5.07. The summed E-state index contributed by atoms with van der Waals surface area (Å²) in [5.41, 5.74) is 3.38. The van der Waals surface area contributed by atoms with Crippen LogP contribution in [0.25, 0.3) is 33.3 Å². The molecule has 0 unspecified atom stereocenters. The van der Waals surface area contributed by atoms with E-state index >= 15 is 0 Å². The average Bonchev–Trinajstić information content (AvgIpc) is 3.16. The fraction of sp³-hybridized carbons (Fsp3) is 0. The second-order valence-electron chi connectivity index (χ2n) is 6.57.